The second kappa shape index (κ2) is 8.61. The average molecular weight is 395 g/mol. The molecule has 26 heavy (non-hydrogen) atoms. The van der Waals surface area contributed by atoms with Crippen LogP contribution in [-0.4, -0.2) is 46.3 Å². The lowest BCUT2D eigenvalue weighted by Crippen LogP contribution is -2.42. The Balaban J connectivity index is 1.97. The molecule has 0 bridgehead atoms. The molecule has 2 rings (SSSR count). The Bertz CT molecular complexity index is 624. The van der Waals surface area contributed by atoms with E-state index >= 15 is 0 Å². The molecule has 1 aliphatic carbocycles. The summed E-state index contributed by atoms with van der Waals surface area (Å²) >= 11 is 5.93. The molecule has 9 heteroatoms. The zero-order valence-electron chi connectivity index (χ0n) is 15.4. The van der Waals surface area contributed by atoms with Crippen LogP contribution in [0, 0.1) is 0 Å². The molecule has 1 aromatic rings. The number of halogens is 4. The molecule has 1 heterocycles. The summed E-state index contributed by atoms with van der Waals surface area (Å²) in [5.74, 6) is -0.192. The molecule has 148 valence electrons. The van der Waals surface area contributed by atoms with Crippen molar-refractivity contribution in [2.24, 2.45) is 0 Å². The summed E-state index contributed by atoms with van der Waals surface area (Å²) in [6.07, 6.45) is -2.92. The minimum Gasteiger partial charge on any atom is -0.352 e. The summed E-state index contributed by atoms with van der Waals surface area (Å²) < 4.78 is 40.4. The van der Waals surface area contributed by atoms with Crippen molar-refractivity contribution in [2.75, 3.05) is 19.6 Å². The third-order valence-electron chi connectivity index (χ3n) is 4.55. The number of hydrogen-bond donors (Lipinski definition) is 1. The van der Waals surface area contributed by atoms with Crippen molar-refractivity contribution in [3.63, 3.8) is 0 Å². The minimum absolute atomic E-state index is 0.00996. The summed E-state index contributed by atoms with van der Waals surface area (Å²) in [7, 11) is 0. The van der Waals surface area contributed by atoms with Gasteiger partial charge in [0, 0.05) is 24.9 Å². The van der Waals surface area contributed by atoms with Crippen LogP contribution in [0.4, 0.5) is 13.2 Å². The van der Waals surface area contributed by atoms with Gasteiger partial charge >= 0.3 is 6.18 Å². The van der Waals surface area contributed by atoms with Gasteiger partial charge in [-0.25, -0.2) is 0 Å². The van der Waals surface area contributed by atoms with E-state index in [1.165, 1.54) is 4.68 Å². The van der Waals surface area contributed by atoms with Gasteiger partial charge in [-0.05, 0) is 32.9 Å². The van der Waals surface area contributed by atoms with E-state index in [4.69, 9.17) is 11.6 Å². The number of alkyl halides is 3. The van der Waals surface area contributed by atoms with Crippen LogP contribution in [0.1, 0.15) is 57.3 Å². The van der Waals surface area contributed by atoms with Gasteiger partial charge in [-0.1, -0.05) is 25.4 Å². The van der Waals surface area contributed by atoms with E-state index in [2.05, 4.69) is 29.2 Å². The second-order valence-electron chi connectivity index (χ2n) is 6.75. The lowest BCUT2D eigenvalue weighted by atomic mass is 10.2. The molecule has 0 aliphatic heterocycles. The van der Waals surface area contributed by atoms with Gasteiger partial charge in [-0.15, -0.1) is 0 Å². The third-order valence-corrected chi connectivity index (χ3v) is 4.92. The lowest BCUT2D eigenvalue weighted by Gasteiger charge is -2.23. The van der Waals surface area contributed by atoms with Crippen molar-refractivity contribution in [3.8, 4) is 0 Å². The normalized spacial score (nSPS) is 16.2. The van der Waals surface area contributed by atoms with Gasteiger partial charge in [0.15, 0.2) is 5.69 Å². The highest BCUT2D eigenvalue weighted by molar-refractivity contribution is 6.32. The fraction of sp³-hybridized carbons (Fsp3) is 0.765. The SMILES string of the molecule is CCN(CC)C[C@@H](C)NC(=O)CCn1nc(C(F)(F)F)c(Cl)c1C1CC1. The van der Waals surface area contributed by atoms with E-state index < -0.39 is 11.9 Å². The average Bonchev–Trinajstić information content (AvgIpc) is 3.32. The molecule has 1 fully saturated rings. The summed E-state index contributed by atoms with van der Waals surface area (Å²) in [6, 6.07) is -0.0303. The summed E-state index contributed by atoms with van der Waals surface area (Å²) in [5.41, 5.74) is -0.653. The van der Waals surface area contributed by atoms with Gasteiger partial charge in [0.2, 0.25) is 5.91 Å². The highest BCUT2D eigenvalue weighted by atomic mass is 35.5. The minimum atomic E-state index is -4.59. The maximum absolute atomic E-state index is 13.0. The first-order valence-corrected chi connectivity index (χ1v) is 9.40. The summed E-state index contributed by atoms with van der Waals surface area (Å²) in [5, 5.41) is 6.20. The van der Waals surface area contributed by atoms with Gasteiger partial charge in [-0.2, -0.15) is 18.3 Å². The van der Waals surface area contributed by atoms with E-state index in [1.807, 2.05) is 6.92 Å². The number of hydrogen-bond acceptors (Lipinski definition) is 3. The number of nitrogens with zero attached hydrogens (tertiary/aromatic N) is 3. The Morgan fingerprint density at radius 3 is 2.50 bits per heavy atom. The Labute approximate surface area is 156 Å². The molecule has 1 aliphatic rings. The molecule has 1 amide bonds. The van der Waals surface area contributed by atoms with E-state index in [-0.39, 0.29) is 35.9 Å². The highest BCUT2D eigenvalue weighted by Gasteiger charge is 2.42. The van der Waals surface area contributed by atoms with E-state index in [0.29, 0.717) is 5.69 Å². The van der Waals surface area contributed by atoms with E-state index in [1.54, 1.807) is 0 Å². The maximum atomic E-state index is 13.0. The Hall–Kier alpha value is -1.28. The summed E-state index contributed by atoms with van der Waals surface area (Å²) in [4.78, 5) is 14.3. The van der Waals surface area contributed by atoms with Crippen LogP contribution in [-0.2, 0) is 17.5 Å². The highest BCUT2D eigenvalue weighted by Crippen LogP contribution is 2.46. The molecule has 0 spiro atoms. The Morgan fingerprint density at radius 2 is 2.00 bits per heavy atom. The molecule has 1 saturated carbocycles. The van der Waals surface area contributed by atoms with Crippen LogP contribution in [0.25, 0.3) is 0 Å². The first kappa shape index (κ1) is 21.0. The second-order valence-corrected chi connectivity index (χ2v) is 7.13. The predicted molar refractivity (Wildman–Crippen MR) is 94.2 cm³/mol. The van der Waals surface area contributed by atoms with E-state index in [0.717, 1.165) is 32.5 Å². The van der Waals surface area contributed by atoms with Crippen molar-refractivity contribution in [3.05, 3.63) is 16.4 Å². The van der Waals surface area contributed by atoms with Crippen molar-refractivity contribution >= 4 is 17.5 Å². The lowest BCUT2D eigenvalue weighted by molar-refractivity contribution is -0.141. The number of aromatic nitrogens is 2. The Kier molecular flexibility index (Phi) is 6.96. The topological polar surface area (TPSA) is 50.2 Å². The monoisotopic (exact) mass is 394 g/mol. The first-order valence-electron chi connectivity index (χ1n) is 9.02. The summed E-state index contributed by atoms with van der Waals surface area (Å²) in [6.45, 7) is 8.64. The molecule has 0 saturated heterocycles. The van der Waals surface area contributed by atoms with Crippen LogP contribution in [0.2, 0.25) is 5.02 Å². The maximum Gasteiger partial charge on any atom is 0.436 e. The zero-order valence-corrected chi connectivity index (χ0v) is 16.1. The van der Waals surface area contributed by atoms with Crippen LogP contribution in [0.5, 0.6) is 0 Å². The number of amides is 1. The van der Waals surface area contributed by atoms with Crippen molar-refractivity contribution in [1.82, 2.24) is 20.0 Å². The molecule has 0 radical (unpaired) electrons. The van der Waals surface area contributed by atoms with Crippen LogP contribution < -0.4 is 5.32 Å². The zero-order chi connectivity index (χ0) is 19.5. The van der Waals surface area contributed by atoms with Crippen molar-refractivity contribution in [1.29, 1.82) is 0 Å². The van der Waals surface area contributed by atoms with E-state index in [9.17, 15) is 18.0 Å². The number of carbonyl (C=O) groups is 1. The smallest absolute Gasteiger partial charge is 0.352 e. The number of nitrogens with one attached hydrogen (secondary N) is 1. The standard InChI is InChI=1S/C17H26ClF3N4O/c1-4-24(5-2)10-11(3)22-13(26)8-9-25-15(12-6-7-12)14(18)16(23-25)17(19,20)21/h11-12H,4-10H2,1-3H3,(H,22,26)/t11-/m1/s1. The number of rotatable bonds is 9. The quantitative estimate of drug-likeness (QED) is 0.695. The van der Waals surface area contributed by atoms with Crippen molar-refractivity contribution in [2.45, 2.75) is 64.7 Å². The Morgan fingerprint density at radius 1 is 1.38 bits per heavy atom. The largest absolute Gasteiger partial charge is 0.436 e. The van der Waals surface area contributed by atoms with Crippen LogP contribution >= 0.6 is 11.6 Å². The molecule has 0 aromatic carbocycles. The van der Waals surface area contributed by atoms with Gasteiger partial charge in [0.25, 0.3) is 0 Å². The predicted octanol–water partition coefficient (Wildman–Crippen LogP) is 3.67. The van der Waals surface area contributed by atoms with Crippen LogP contribution in [0.3, 0.4) is 0 Å². The molecule has 1 atom stereocenters. The van der Waals surface area contributed by atoms with Gasteiger partial charge in [0.05, 0.1) is 17.3 Å². The number of likely N-dealkylation sites (N-methyl/N-ethyl adjacent to an activating group) is 1. The van der Waals surface area contributed by atoms with Crippen LogP contribution in [0.15, 0.2) is 0 Å². The van der Waals surface area contributed by atoms with Gasteiger partial charge in [-0.3, -0.25) is 9.48 Å². The third kappa shape index (κ3) is 5.36. The fourth-order valence-corrected chi connectivity index (χ4v) is 3.42. The van der Waals surface area contributed by atoms with Gasteiger partial charge in [0.1, 0.15) is 0 Å². The molecule has 0 unspecified atom stereocenters. The first-order chi connectivity index (χ1) is 12.2. The number of carbonyl (C=O) groups excluding carboxylic acids is 1. The molecular formula is C17H26ClF3N4O. The molecular weight excluding hydrogens is 369 g/mol. The van der Waals surface area contributed by atoms with Crippen molar-refractivity contribution < 1.29 is 18.0 Å². The fourth-order valence-electron chi connectivity index (χ4n) is 3.02. The molecule has 1 aromatic heterocycles. The number of aryl methyl sites for hydroxylation is 1. The van der Waals surface area contributed by atoms with Gasteiger partial charge < -0.3 is 10.2 Å². The molecule has 5 nitrogen and oxygen atoms in total. The molecule has 1 N–H and O–H groups in total.